The van der Waals surface area contributed by atoms with E-state index in [4.69, 9.17) is 22.1 Å². The molecule has 1 saturated heterocycles. The van der Waals surface area contributed by atoms with Crippen LogP contribution < -0.4 is 11.1 Å². The maximum absolute atomic E-state index is 6.41. The molecule has 5 heteroatoms. The van der Waals surface area contributed by atoms with Crippen molar-refractivity contribution in [2.24, 2.45) is 10.7 Å². The summed E-state index contributed by atoms with van der Waals surface area (Å²) in [5.41, 5.74) is 7.01. The van der Waals surface area contributed by atoms with E-state index < -0.39 is 0 Å². The molecule has 0 radical (unpaired) electrons. The van der Waals surface area contributed by atoms with Crippen molar-refractivity contribution >= 4 is 17.6 Å². The summed E-state index contributed by atoms with van der Waals surface area (Å²) < 4.78 is 5.52. The lowest BCUT2D eigenvalue weighted by Gasteiger charge is -2.37. The minimum Gasteiger partial charge on any atom is -0.381 e. The Morgan fingerprint density at radius 2 is 2.05 bits per heavy atom. The van der Waals surface area contributed by atoms with Gasteiger partial charge >= 0.3 is 0 Å². The fraction of sp³-hybridized carbons (Fsp3) is 0.562. The highest BCUT2D eigenvalue weighted by molar-refractivity contribution is 6.31. The molecule has 1 fully saturated rings. The molecular formula is C16H24ClN3O. The van der Waals surface area contributed by atoms with Gasteiger partial charge in [-0.25, -0.2) is 0 Å². The van der Waals surface area contributed by atoms with E-state index in [0.29, 0.717) is 12.5 Å². The van der Waals surface area contributed by atoms with E-state index >= 15 is 0 Å². The van der Waals surface area contributed by atoms with E-state index in [-0.39, 0.29) is 11.5 Å². The molecule has 0 saturated carbocycles. The van der Waals surface area contributed by atoms with E-state index in [9.17, 15) is 0 Å². The van der Waals surface area contributed by atoms with Gasteiger partial charge in [-0.3, -0.25) is 4.99 Å². The first kappa shape index (κ1) is 16.1. The number of nitrogens with zero attached hydrogens (tertiary/aromatic N) is 1. The highest BCUT2D eigenvalue weighted by Gasteiger charge is 2.35. The minimum atomic E-state index is -0.0835. The van der Waals surface area contributed by atoms with Crippen LogP contribution >= 0.6 is 11.6 Å². The first-order valence-electron chi connectivity index (χ1n) is 7.43. The average Bonchev–Trinajstić information content (AvgIpc) is 2.46. The van der Waals surface area contributed by atoms with Crippen LogP contribution in [0.25, 0.3) is 0 Å². The lowest BCUT2D eigenvalue weighted by Crippen LogP contribution is -2.41. The fourth-order valence-corrected chi connectivity index (χ4v) is 3.08. The second-order valence-corrected chi connectivity index (χ2v) is 6.28. The molecule has 1 aromatic carbocycles. The van der Waals surface area contributed by atoms with Gasteiger partial charge in [-0.05, 0) is 38.3 Å². The van der Waals surface area contributed by atoms with Crippen LogP contribution in [0.15, 0.2) is 29.3 Å². The van der Waals surface area contributed by atoms with Gasteiger partial charge in [0.2, 0.25) is 0 Å². The van der Waals surface area contributed by atoms with Crippen molar-refractivity contribution in [1.29, 1.82) is 0 Å². The molecule has 0 unspecified atom stereocenters. The topological polar surface area (TPSA) is 59.6 Å². The zero-order valence-electron chi connectivity index (χ0n) is 12.7. The molecule has 0 spiro atoms. The molecule has 1 aromatic rings. The lowest BCUT2D eigenvalue weighted by molar-refractivity contribution is 0.0531. The summed E-state index contributed by atoms with van der Waals surface area (Å²) in [7, 11) is 0. The van der Waals surface area contributed by atoms with Crippen LogP contribution in [0.5, 0.6) is 0 Å². The molecule has 0 aromatic heterocycles. The number of halogens is 1. The molecule has 0 bridgehead atoms. The summed E-state index contributed by atoms with van der Waals surface area (Å²) in [6.45, 7) is 6.18. The maximum Gasteiger partial charge on any atom is 0.188 e. The van der Waals surface area contributed by atoms with Crippen molar-refractivity contribution in [3.05, 3.63) is 34.9 Å². The van der Waals surface area contributed by atoms with Gasteiger partial charge in [0, 0.05) is 29.7 Å². The standard InChI is InChI=1S/C16H24ClN3O/c1-12(2)20-15(18)19-11-16(7-9-21-10-8-16)13-5-3-4-6-14(13)17/h3-6,12H,7-11H2,1-2H3,(H3,18,19,20). The number of aliphatic imine (C=N–C) groups is 1. The van der Waals surface area contributed by atoms with E-state index in [1.807, 2.05) is 32.0 Å². The number of guanidine groups is 1. The third-order valence-corrected chi connectivity index (χ3v) is 4.21. The summed E-state index contributed by atoms with van der Waals surface area (Å²) >= 11 is 6.41. The Balaban J connectivity index is 2.24. The van der Waals surface area contributed by atoms with Gasteiger partial charge in [0.25, 0.3) is 0 Å². The molecule has 2 rings (SSSR count). The highest BCUT2D eigenvalue weighted by Crippen LogP contribution is 2.38. The molecular weight excluding hydrogens is 286 g/mol. The Labute approximate surface area is 131 Å². The van der Waals surface area contributed by atoms with Gasteiger partial charge in [-0.1, -0.05) is 29.8 Å². The predicted molar refractivity (Wildman–Crippen MR) is 87.9 cm³/mol. The zero-order valence-corrected chi connectivity index (χ0v) is 13.5. The van der Waals surface area contributed by atoms with Crippen molar-refractivity contribution < 1.29 is 4.74 Å². The monoisotopic (exact) mass is 309 g/mol. The predicted octanol–water partition coefficient (Wildman–Crippen LogP) is 2.70. The van der Waals surface area contributed by atoms with Crippen LogP contribution in [0.2, 0.25) is 5.02 Å². The van der Waals surface area contributed by atoms with Crippen molar-refractivity contribution in [2.45, 2.75) is 38.1 Å². The van der Waals surface area contributed by atoms with Gasteiger partial charge in [0.05, 0.1) is 6.54 Å². The van der Waals surface area contributed by atoms with Crippen LogP contribution in [0, 0.1) is 0 Å². The third kappa shape index (κ3) is 4.11. The van der Waals surface area contributed by atoms with E-state index in [2.05, 4.69) is 16.4 Å². The number of hydrogen-bond donors (Lipinski definition) is 2. The summed E-state index contributed by atoms with van der Waals surface area (Å²) in [5.74, 6) is 0.489. The molecule has 1 heterocycles. The molecule has 0 aliphatic carbocycles. The number of ether oxygens (including phenoxy) is 1. The third-order valence-electron chi connectivity index (χ3n) is 3.88. The number of rotatable bonds is 4. The van der Waals surface area contributed by atoms with E-state index in [1.54, 1.807) is 0 Å². The molecule has 4 nitrogen and oxygen atoms in total. The Morgan fingerprint density at radius 1 is 1.38 bits per heavy atom. The number of nitrogens with two attached hydrogens (primary N) is 1. The minimum absolute atomic E-state index is 0.0835. The van der Waals surface area contributed by atoms with Crippen LogP contribution in [0.3, 0.4) is 0 Å². The Kier molecular flexibility index (Phi) is 5.48. The SMILES string of the molecule is CC(C)NC(N)=NCC1(c2ccccc2Cl)CCOCC1. The smallest absolute Gasteiger partial charge is 0.188 e. The molecule has 21 heavy (non-hydrogen) atoms. The van der Waals surface area contributed by atoms with Gasteiger partial charge in [-0.2, -0.15) is 0 Å². The van der Waals surface area contributed by atoms with Crippen molar-refractivity contribution in [2.75, 3.05) is 19.8 Å². The van der Waals surface area contributed by atoms with Crippen molar-refractivity contribution in [3.63, 3.8) is 0 Å². The lowest BCUT2D eigenvalue weighted by atomic mass is 9.74. The Morgan fingerprint density at radius 3 is 2.67 bits per heavy atom. The summed E-state index contributed by atoms with van der Waals surface area (Å²) in [6.07, 6.45) is 1.82. The van der Waals surface area contributed by atoms with E-state index in [1.165, 1.54) is 0 Å². The molecule has 3 N–H and O–H groups in total. The number of hydrogen-bond acceptors (Lipinski definition) is 2. The highest BCUT2D eigenvalue weighted by atomic mass is 35.5. The van der Waals surface area contributed by atoms with Crippen LogP contribution in [0.1, 0.15) is 32.3 Å². The number of benzene rings is 1. The van der Waals surface area contributed by atoms with Crippen molar-refractivity contribution in [1.82, 2.24) is 5.32 Å². The van der Waals surface area contributed by atoms with Gasteiger partial charge < -0.3 is 15.8 Å². The Hall–Kier alpha value is -1.26. The first-order chi connectivity index (χ1) is 10.0. The average molecular weight is 310 g/mol. The van der Waals surface area contributed by atoms with E-state index in [0.717, 1.165) is 36.6 Å². The van der Waals surface area contributed by atoms with Gasteiger partial charge in [0.1, 0.15) is 0 Å². The molecule has 116 valence electrons. The second-order valence-electron chi connectivity index (χ2n) is 5.87. The quantitative estimate of drug-likeness (QED) is 0.664. The van der Waals surface area contributed by atoms with Crippen molar-refractivity contribution in [3.8, 4) is 0 Å². The zero-order chi connectivity index (χ0) is 15.3. The van der Waals surface area contributed by atoms with Crippen LogP contribution in [-0.2, 0) is 10.2 Å². The fourth-order valence-electron chi connectivity index (χ4n) is 2.74. The van der Waals surface area contributed by atoms with Gasteiger partial charge in [0.15, 0.2) is 5.96 Å². The molecule has 0 atom stereocenters. The Bertz CT molecular complexity index is 496. The second kappa shape index (κ2) is 7.14. The first-order valence-corrected chi connectivity index (χ1v) is 7.80. The molecule has 1 aliphatic rings. The molecule has 0 amide bonds. The summed E-state index contributed by atoms with van der Waals surface area (Å²) in [6, 6.07) is 8.29. The largest absolute Gasteiger partial charge is 0.381 e. The van der Waals surface area contributed by atoms with Crippen LogP contribution in [0.4, 0.5) is 0 Å². The normalized spacial score (nSPS) is 18.8. The van der Waals surface area contributed by atoms with Crippen LogP contribution in [-0.4, -0.2) is 31.8 Å². The molecule has 1 aliphatic heterocycles. The maximum atomic E-state index is 6.41. The van der Waals surface area contributed by atoms with Gasteiger partial charge in [-0.15, -0.1) is 0 Å². The number of nitrogens with one attached hydrogen (secondary N) is 1. The summed E-state index contributed by atoms with van der Waals surface area (Å²) in [4.78, 5) is 4.55. The summed E-state index contributed by atoms with van der Waals surface area (Å²) in [5, 5.41) is 3.93.